The van der Waals surface area contributed by atoms with E-state index in [4.69, 9.17) is 4.74 Å². The van der Waals surface area contributed by atoms with E-state index in [9.17, 15) is 4.79 Å². The minimum Gasteiger partial charge on any atom is -0.442 e. The Morgan fingerprint density at radius 3 is 2.83 bits per heavy atom. The molecule has 0 N–H and O–H groups in total. The van der Waals surface area contributed by atoms with Crippen molar-refractivity contribution < 1.29 is 9.53 Å². The van der Waals surface area contributed by atoms with Gasteiger partial charge in [-0.25, -0.2) is 4.79 Å². The molecule has 1 rings (SSSR count). The molecule has 0 aliphatic carbocycles. The van der Waals surface area contributed by atoms with Crippen molar-refractivity contribution in [3.8, 4) is 0 Å². The molecule has 3 heteroatoms. The van der Waals surface area contributed by atoms with Gasteiger partial charge in [-0.2, -0.15) is 0 Å². The summed E-state index contributed by atoms with van der Waals surface area (Å²) >= 11 is 3.23. The van der Waals surface area contributed by atoms with Gasteiger partial charge in [0, 0.05) is 5.57 Å². The molecular weight excluding hydrogens is 220 g/mol. The summed E-state index contributed by atoms with van der Waals surface area (Å²) in [7, 11) is 0. The van der Waals surface area contributed by atoms with Crippen LogP contribution in [0.25, 0.3) is 0 Å². The number of hydrogen-bond donors (Lipinski definition) is 0. The number of alkyl halides is 1. The van der Waals surface area contributed by atoms with Crippen molar-refractivity contribution in [3.05, 3.63) is 36.0 Å². The first-order valence-electron chi connectivity index (χ1n) is 3.55. The Morgan fingerprint density at radius 2 is 2.33 bits per heavy atom. The second-order valence-corrected chi connectivity index (χ2v) is 3.11. The molecule has 0 aromatic rings. The highest BCUT2D eigenvalue weighted by Crippen LogP contribution is 2.30. The molecule has 1 saturated heterocycles. The summed E-state index contributed by atoms with van der Waals surface area (Å²) in [6.07, 6.45) is 5.13. The second kappa shape index (κ2) is 3.72. The molecule has 0 saturated carbocycles. The SMILES string of the molecule is C=CC=C1/C(=C\C)C(=O)OC1Br. The van der Waals surface area contributed by atoms with Crippen molar-refractivity contribution in [2.75, 3.05) is 0 Å². The lowest BCUT2D eigenvalue weighted by molar-refractivity contribution is -0.135. The van der Waals surface area contributed by atoms with Gasteiger partial charge in [0.15, 0.2) is 5.01 Å². The minimum absolute atomic E-state index is 0.285. The van der Waals surface area contributed by atoms with Gasteiger partial charge in [0.2, 0.25) is 0 Å². The van der Waals surface area contributed by atoms with Crippen LogP contribution in [0.1, 0.15) is 6.92 Å². The summed E-state index contributed by atoms with van der Waals surface area (Å²) < 4.78 is 4.92. The van der Waals surface area contributed by atoms with Crippen molar-refractivity contribution in [3.63, 3.8) is 0 Å². The third kappa shape index (κ3) is 1.50. The first-order chi connectivity index (χ1) is 5.70. The number of rotatable bonds is 1. The topological polar surface area (TPSA) is 26.3 Å². The highest BCUT2D eigenvalue weighted by Gasteiger charge is 2.31. The summed E-state index contributed by atoms with van der Waals surface area (Å²) in [5, 5.41) is -0.325. The van der Waals surface area contributed by atoms with Crippen molar-refractivity contribution in [1.29, 1.82) is 0 Å². The molecule has 1 heterocycles. The van der Waals surface area contributed by atoms with Gasteiger partial charge in [-0.1, -0.05) is 24.8 Å². The number of hydrogen-bond acceptors (Lipinski definition) is 2. The van der Waals surface area contributed by atoms with E-state index in [0.29, 0.717) is 5.57 Å². The van der Waals surface area contributed by atoms with Gasteiger partial charge >= 0.3 is 5.97 Å². The number of carbonyl (C=O) groups is 1. The van der Waals surface area contributed by atoms with Crippen LogP contribution in [-0.4, -0.2) is 11.0 Å². The Balaban J connectivity index is 3.06. The summed E-state index contributed by atoms with van der Waals surface area (Å²) in [4.78, 5) is 11.1. The number of allylic oxidation sites excluding steroid dienone is 3. The highest BCUT2D eigenvalue weighted by molar-refractivity contribution is 9.09. The maximum atomic E-state index is 11.1. The molecule has 1 unspecified atom stereocenters. The monoisotopic (exact) mass is 228 g/mol. The molecule has 0 amide bonds. The Labute approximate surface area is 79.7 Å². The number of esters is 1. The predicted molar refractivity (Wildman–Crippen MR) is 50.8 cm³/mol. The molecule has 12 heavy (non-hydrogen) atoms. The number of cyclic esters (lactones) is 1. The standard InChI is InChI=1S/C9H9BrO2/c1-3-5-7-6(4-2)9(11)12-8(7)10/h3-5,8H,1H2,2H3/b6-4+,7-5?. The largest absolute Gasteiger partial charge is 0.442 e. The lowest BCUT2D eigenvalue weighted by Crippen LogP contribution is -1.97. The molecule has 0 aromatic carbocycles. The zero-order valence-corrected chi connectivity index (χ0v) is 8.30. The van der Waals surface area contributed by atoms with E-state index >= 15 is 0 Å². The zero-order chi connectivity index (χ0) is 9.14. The van der Waals surface area contributed by atoms with Crippen molar-refractivity contribution in [2.45, 2.75) is 11.9 Å². The molecule has 2 nitrogen and oxygen atoms in total. The fourth-order valence-corrected chi connectivity index (χ4v) is 1.61. The van der Waals surface area contributed by atoms with E-state index in [1.54, 1.807) is 25.2 Å². The highest BCUT2D eigenvalue weighted by atomic mass is 79.9. The Morgan fingerprint density at radius 1 is 1.67 bits per heavy atom. The molecule has 64 valence electrons. The van der Waals surface area contributed by atoms with Gasteiger partial charge in [0.1, 0.15) is 0 Å². The van der Waals surface area contributed by atoms with Crippen LogP contribution in [0.5, 0.6) is 0 Å². The van der Waals surface area contributed by atoms with Crippen LogP contribution >= 0.6 is 15.9 Å². The third-order valence-corrected chi connectivity index (χ3v) is 2.25. The zero-order valence-electron chi connectivity index (χ0n) is 6.71. The van der Waals surface area contributed by atoms with Crippen molar-refractivity contribution >= 4 is 21.9 Å². The Bertz CT molecular complexity index is 276. The maximum absolute atomic E-state index is 11.1. The van der Waals surface area contributed by atoms with Gasteiger partial charge < -0.3 is 4.74 Å². The number of carbonyl (C=O) groups excluding carboxylic acids is 1. The van der Waals surface area contributed by atoms with Crippen molar-refractivity contribution in [1.82, 2.24) is 0 Å². The third-order valence-electron chi connectivity index (χ3n) is 1.57. The molecule has 0 aromatic heterocycles. The average molecular weight is 229 g/mol. The fraction of sp³-hybridized carbons (Fsp3) is 0.222. The van der Waals surface area contributed by atoms with Gasteiger partial charge in [0.25, 0.3) is 0 Å². The molecule has 0 spiro atoms. The average Bonchev–Trinajstić information content (AvgIpc) is 2.28. The summed E-state index contributed by atoms with van der Waals surface area (Å²) in [6, 6.07) is 0. The van der Waals surface area contributed by atoms with Gasteiger partial charge in [-0.05, 0) is 22.9 Å². The normalized spacial score (nSPS) is 29.5. The van der Waals surface area contributed by atoms with Gasteiger partial charge in [-0.3, -0.25) is 0 Å². The summed E-state index contributed by atoms with van der Waals surface area (Å²) in [6.45, 7) is 5.37. The second-order valence-electron chi connectivity index (χ2n) is 2.28. The maximum Gasteiger partial charge on any atom is 0.339 e. The molecule has 0 bridgehead atoms. The summed E-state index contributed by atoms with van der Waals surface area (Å²) in [5.41, 5.74) is 1.44. The van der Waals surface area contributed by atoms with Crippen LogP contribution in [0.15, 0.2) is 36.0 Å². The first-order valence-corrected chi connectivity index (χ1v) is 4.46. The quantitative estimate of drug-likeness (QED) is 0.392. The fourth-order valence-electron chi connectivity index (χ4n) is 1.04. The van der Waals surface area contributed by atoms with Crippen LogP contribution in [0.2, 0.25) is 0 Å². The van der Waals surface area contributed by atoms with E-state index in [-0.39, 0.29) is 11.0 Å². The summed E-state index contributed by atoms with van der Waals surface area (Å²) in [5.74, 6) is -0.285. The van der Waals surface area contributed by atoms with E-state index in [1.807, 2.05) is 0 Å². The lowest BCUT2D eigenvalue weighted by Gasteiger charge is -1.98. The molecule has 1 aliphatic heterocycles. The van der Waals surface area contributed by atoms with Crippen molar-refractivity contribution in [2.24, 2.45) is 0 Å². The van der Waals surface area contributed by atoms with Gasteiger partial charge in [-0.15, -0.1) is 0 Å². The molecule has 1 fully saturated rings. The number of ether oxygens (including phenoxy) is 1. The van der Waals surface area contributed by atoms with Crippen LogP contribution in [0.3, 0.4) is 0 Å². The van der Waals surface area contributed by atoms with E-state index in [2.05, 4.69) is 22.5 Å². The van der Waals surface area contributed by atoms with Crippen LogP contribution < -0.4 is 0 Å². The van der Waals surface area contributed by atoms with E-state index in [0.717, 1.165) is 5.57 Å². The first kappa shape index (κ1) is 9.26. The molecular formula is C9H9BrO2. The Kier molecular flexibility index (Phi) is 2.87. The molecule has 0 radical (unpaired) electrons. The Hall–Kier alpha value is -0.830. The predicted octanol–water partition coefficient (Wildman–Crippen LogP) is 2.32. The van der Waals surface area contributed by atoms with E-state index in [1.165, 1.54) is 0 Å². The van der Waals surface area contributed by atoms with Gasteiger partial charge in [0.05, 0.1) is 5.57 Å². The smallest absolute Gasteiger partial charge is 0.339 e. The molecule has 1 aliphatic rings. The van der Waals surface area contributed by atoms with Crippen LogP contribution in [-0.2, 0) is 9.53 Å². The van der Waals surface area contributed by atoms with Crippen LogP contribution in [0.4, 0.5) is 0 Å². The lowest BCUT2D eigenvalue weighted by atomic mass is 10.1. The minimum atomic E-state index is -0.325. The molecule has 1 atom stereocenters. The van der Waals surface area contributed by atoms with Crippen LogP contribution in [0, 0.1) is 0 Å². The van der Waals surface area contributed by atoms with E-state index < -0.39 is 0 Å². The number of halogens is 1.